The molecule has 1 aromatic carbocycles. The monoisotopic (exact) mass is 340 g/mol. The van der Waals surface area contributed by atoms with Crippen LogP contribution in [0.15, 0.2) is 42.7 Å². The van der Waals surface area contributed by atoms with Crippen LogP contribution in [-0.2, 0) is 18.4 Å². The number of hydrogen-bond donors (Lipinski definition) is 1. The van der Waals surface area contributed by atoms with Gasteiger partial charge >= 0.3 is 6.09 Å². The molecule has 0 unspecified atom stereocenters. The molecule has 2 aliphatic rings. The number of carbonyl (C=O) groups is 1. The fourth-order valence-electron chi connectivity index (χ4n) is 3.96. The second-order valence-electron chi connectivity index (χ2n) is 7.15. The zero-order valence-corrected chi connectivity index (χ0v) is 14.5. The van der Waals surface area contributed by atoms with Gasteiger partial charge in [0.15, 0.2) is 0 Å². The number of rotatable bonds is 3. The Morgan fingerprint density at radius 2 is 2.08 bits per heavy atom. The number of nitrogens with zero attached hydrogens (tertiary/aromatic N) is 3. The molecule has 25 heavy (non-hydrogen) atoms. The van der Waals surface area contributed by atoms with Crippen molar-refractivity contribution in [3.05, 3.63) is 53.9 Å². The van der Waals surface area contributed by atoms with E-state index in [-0.39, 0.29) is 11.5 Å². The van der Waals surface area contributed by atoms with E-state index in [9.17, 15) is 4.79 Å². The smallest absolute Gasteiger partial charge is 0.410 e. The molecule has 6 nitrogen and oxygen atoms in total. The van der Waals surface area contributed by atoms with Gasteiger partial charge in [-0.3, -0.25) is 4.68 Å². The van der Waals surface area contributed by atoms with Gasteiger partial charge < -0.3 is 15.0 Å². The predicted octanol–water partition coefficient (Wildman–Crippen LogP) is 2.48. The van der Waals surface area contributed by atoms with E-state index in [1.54, 1.807) is 0 Å². The Hall–Kier alpha value is -2.34. The van der Waals surface area contributed by atoms with Crippen molar-refractivity contribution in [3.63, 3.8) is 0 Å². The van der Waals surface area contributed by atoms with E-state index in [2.05, 4.69) is 16.6 Å². The highest BCUT2D eigenvalue weighted by molar-refractivity contribution is 5.67. The van der Waals surface area contributed by atoms with Gasteiger partial charge in [-0.2, -0.15) is 5.10 Å². The molecule has 0 saturated carbocycles. The predicted molar refractivity (Wildman–Crippen MR) is 93.8 cm³/mol. The number of aryl methyl sites for hydroxylation is 1. The Balaban J connectivity index is 1.31. The van der Waals surface area contributed by atoms with Crippen molar-refractivity contribution in [1.29, 1.82) is 0 Å². The minimum atomic E-state index is -0.205. The first-order valence-electron chi connectivity index (χ1n) is 8.84. The van der Waals surface area contributed by atoms with Crippen LogP contribution in [0.4, 0.5) is 4.79 Å². The molecule has 1 N–H and O–H groups in total. The van der Waals surface area contributed by atoms with Crippen molar-refractivity contribution in [2.75, 3.05) is 19.6 Å². The molecule has 1 atom stereocenters. The van der Waals surface area contributed by atoms with Crippen molar-refractivity contribution >= 4 is 6.09 Å². The van der Waals surface area contributed by atoms with E-state index in [4.69, 9.17) is 4.74 Å². The molecule has 0 bridgehead atoms. The van der Waals surface area contributed by atoms with E-state index < -0.39 is 0 Å². The summed E-state index contributed by atoms with van der Waals surface area (Å²) < 4.78 is 7.31. The minimum absolute atomic E-state index is 0.205. The highest BCUT2D eigenvalue weighted by Crippen LogP contribution is 2.48. The van der Waals surface area contributed by atoms with Crippen molar-refractivity contribution in [1.82, 2.24) is 20.0 Å². The third kappa shape index (κ3) is 3.14. The summed E-state index contributed by atoms with van der Waals surface area (Å²) in [6.45, 7) is 2.86. The van der Waals surface area contributed by atoms with Crippen molar-refractivity contribution in [2.45, 2.75) is 25.5 Å². The first-order chi connectivity index (χ1) is 12.2. The standard InChI is InChI=1S/C19H24N4O2/c1-22-12-16(11-21-22)17-19(14-20-17)7-9-23(10-8-19)18(24)25-13-15-5-3-2-4-6-15/h2-6,11-12,17,20H,7-10,13-14H2,1H3/t17-/m0/s1. The van der Waals surface area contributed by atoms with Crippen LogP contribution in [0.5, 0.6) is 0 Å². The quantitative estimate of drug-likeness (QED) is 0.933. The maximum Gasteiger partial charge on any atom is 0.410 e. The molecular formula is C19H24N4O2. The van der Waals surface area contributed by atoms with Crippen LogP contribution >= 0.6 is 0 Å². The van der Waals surface area contributed by atoms with Gasteiger partial charge in [0.25, 0.3) is 0 Å². The maximum atomic E-state index is 12.3. The Labute approximate surface area is 147 Å². The van der Waals surface area contributed by atoms with Crippen LogP contribution in [0.2, 0.25) is 0 Å². The number of likely N-dealkylation sites (tertiary alicyclic amines) is 1. The lowest BCUT2D eigenvalue weighted by Crippen LogP contribution is -2.60. The van der Waals surface area contributed by atoms with E-state index in [1.165, 1.54) is 5.56 Å². The van der Waals surface area contributed by atoms with Gasteiger partial charge in [-0.25, -0.2) is 4.79 Å². The van der Waals surface area contributed by atoms with Crippen LogP contribution in [-0.4, -0.2) is 40.4 Å². The van der Waals surface area contributed by atoms with Crippen LogP contribution in [0.25, 0.3) is 0 Å². The van der Waals surface area contributed by atoms with E-state index >= 15 is 0 Å². The Bertz CT molecular complexity index is 735. The number of aromatic nitrogens is 2. The van der Waals surface area contributed by atoms with Gasteiger partial charge in [0.05, 0.1) is 6.20 Å². The van der Waals surface area contributed by atoms with E-state index in [0.717, 1.165) is 38.0 Å². The summed E-state index contributed by atoms with van der Waals surface area (Å²) in [5.74, 6) is 0. The Morgan fingerprint density at radius 3 is 2.68 bits per heavy atom. The van der Waals surface area contributed by atoms with Gasteiger partial charge in [0.1, 0.15) is 6.61 Å². The molecule has 132 valence electrons. The normalized spacial score (nSPS) is 21.8. The van der Waals surface area contributed by atoms with Gasteiger partial charge in [0, 0.05) is 49.9 Å². The third-order valence-electron chi connectivity index (χ3n) is 5.55. The Kier molecular flexibility index (Phi) is 4.21. The first-order valence-corrected chi connectivity index (χ1v) is 8.84. The number of nitrogens with one attached hydrogen (secondary N) is 1. The van der Waals surface area contributed by atoms with E-state index in [0.29, 0.717) is 12.6 Å². The summed E-state index contributed by atoms with van der Waals surface area (Å²) in [5, 5.41) is 7.82. The lowest BCUT2D eigenvalue weighted by atomic mass is 9.65. The number of benzene rings is 1. The molecule has 4 rings (SSSR count). The van der Waals surface area contributed by atoms with Gasteiger partial charge in [-0.15, -0.1) is 0 Å². The molecule has 2 aromatic rings. The number of carbonyl (C=O) groups excluding carboxylic acids is 1. The SMILES string of the molecule is Cn1cc([C@@H]2NCC23CCN(C(=O)OCc2ccccc2)CC3)cn1. The molecule has 2 aliphatic heterocycles. The van der Waals surface area contributed by atoms with Crippen LogP contribution in [0.1, 0.15) is 30.0 Å². The van der Waals surface area contributed by atoms with Gasteiger partial charge in [-0.1, -0.05) is 30.3 Å². The molecular weight excluding hydrogens is 316 g/mol. The molecule has 6 heteroatoms. The second-order valence-corrected chi connectivity index (χ2v) is 7.15. The molecule has 1 amide bonds. The summed E-state index contributed by atoms with van der Waals surface area (Å²) in [4.78, 5) is 14.2. The zero-order chi connectivity index (χ0) is 17.3. The molecule has 3 heterocycles. The first kappa shape index (κ1) is 16.1. The van der Waals surface area contributed by atoms with Crippen LogP contribution < -0.4 is 5.32 Å². The zero-order valence-electron chi connectivity index (χ0n) is 14.5. The molecule has 1 spiro atoms. The second kappa shape index (κ2) is 6.52. The highest BCUT2D eigenvalue weighted by atomic mass is 16.6. The number of amides is 1. The van der Waals surface area contributed by atoms with Crippen molar-refractivity contribution < 1.29 is 9.53 Å². The summed E-state index contributed by atoms with van der Waals surface area (Å²) in [6, 6.07) is 10.2. The summed E-state index contributed by atoms with van der Waals surface area (Å²) in [7, 11) is 1.94. The minimum Gasteiger partial charge on any atom is -0.445 e. The van der Waals surface area contributed by atoms with Crippen LogP contribution in [0, 0.1) is 5.41 Å². The summed E-state index contributed by atoms with van der Waals surface area (Å²) in [5.41, 5.74) is 2.51. The largest absolute Gasteiger partial charge is 0.445 e. The lowest BCUT2D eigenvalue weighted by molar-refractivity contribution is 0.0000581. The number of hydrogen-bond acceptors (Lipinski definition) is 4. The fourth-order valence-corrected chi connectivity index (χ4v) is 3.96. The third-order valence-corrected chi connectivity index (χ3v) is 5.55. The average Bonchev–Trinajstić information content (AvgIpc) is 3.05. The number of ether oxygens (including phenoxy) is 1. The summed E-state index contributed by atoms with van der Waals surface area (Å²) in [6.07, 6.45) is 5.82. The topological polar surface area (TPSA) is 59.4 Å². The van der Waals surface area contributed by atoms with E-state index in [1.807, 2.05) is 53.2 Å². The highest BCUT2D eigenvalue weighted by Gasteiger charge is 2.49. The molecule has 0 aliphatic carbocycles. The van der Waals surface area contributed by atoms with Crippen LogP contribution in [0.3, 0.4) is 0 Å². The molecule has 2 fully saturated rings. The molecule has 2 saturated heterocycles. The molecule has 0 radical (unpaired) electrons. The van der Waals surface area contributed by atoms with Gasteiger partial charge in [-0.05, 0) is 18.4 Å². The van der Waals surface area contributed by atoms with Gasteiger partial charge in [0.2, 0.25) is 0 Å². The van der Waals surface area contributed by atoms with Crippen molar-refractivity contribution in [2.24, 2.45) is 12.5 Å². The number of piperidine rings is 1. The lowest BCUT2D eigenvalue weighted by Gasteiger charge is -2.54. The Morgan fingerprint density at radius 1 is 1.32 bits per heavy atom. The maximum absolute atomic E-state index is 12.3. The fraction of sp³-hybridized carbons (Fsp3) is 0.474. The molecule has 1 aromatic heterocycles. The average molecular weight is 340 g/mol. The summed E-state index contributed by atoms with van der Waals surface area (Å²) >= 11 is 0. The van der Waals surface area contributed by atoms with Crippen molar-refractivity contribution in [3.8, 4) is 0 Å².